The second-order valence-corrected chi connectivity index (χ2v) is 8.11. The number of aromatic nitrogens is 4. The number of hydrogen-bond acceptors (Lipinski definition) is 7. The van der Waals surface area contributed by atoms with E-state index in [2.05, 4.69) is 9.97 Å². The van der Waals surface area contributed by atoms with Gasteiger partial charge in [-0.2, -0.15) is 0 Å². The molecule has 4 heterocycles. The highest BCUT2D eigenvalue weighted by Crippen LogP contribution is 2.22. The van der Waals surface area contributed by atoms with Gasteiger partial charge in [-0.25, -0.2) is 14.8 Å². The molecule has 0 spiro atoms. The molecule has 9 nitrogen and oxygen atoms in total. The Morgan fingerprint density at radius 3 is 2.76 bits per heavy atom. The Hall–Kier alpha value is -2.85. The molecule has 1 aliphatic rings. The first-order valence-electron chi connectivity index (χ1n) is 9.22. The van der Waals surface area contributed by atoms with Crippen LogP contribution in [0.3, 0.4) is 0 Å². The summed E-state index contributed by atoms with van der Waals surface area (Å²) in [5.74, 6) is -0.00865. The first kappa shape index (κ1) is 19.5. The summed E-state index contributed by atoms with van der Waals surface area (Å²) >= 11 is 1.52. The van der Waals surface area contributed by atoms with Crippen molar-refractivity contribution in [2.24, 2.45) is 14.1 Å². The molecular weight excluding hydrogens is 394 g/mol. The highest BCUT2D eigenvalue weighted by molar-refractivity contribution is 7.09. The standard InChI is InChI=1S/C19H21N5O4S/c1-11-20-12(10-29-11)8-16(25)24-6-7-28-15(9-24)14-5-4-13-17(21-14)22(2)19(27)23(3)18(13)26/h4-5,10,15H,6-9H2,1-3H3/t15-/m0/s1. The van der Waals surface area contributed by atoms with E-state index < -0.39 is 11.8 Å². The predicted molar refractivity (Wildman–Crippen MR) is 108 cm³/mol. The monoisotopic (exact) mass is 415 g/mol. The summed E-state index contributed by atoms with van der Waals surface area (Å²) in [7, 11) is 3.02. The zero-order chi connectivity index (χ0) is 20.7. The Labute approximate surface area is 170 Å². The van der Waals surface area contributed by atoms with E-state index in [9.17, 15) is 14.4 Å². The molecule has 0 saturated carbocycles. The predicted octanol–water partition coefficient (Wildman–Crippen LogP) is 0.540. The van der Waals surface area contributed by atoms with E-state index in [1.165, 1.54) is 23.0 Å². The van der Waals surface area contributed by atoms with Crippen molar-refractivity contribution in [3.8, 4) is 0 Å². The van der Waals surface area contributed by atoms with Crippen molar-refractivity contribution in [2.75, 3.05) is 19.7 Å². The zero-order valence-electron chi connectivity index (χ0n) is 16.4. The average Bonchev–Trinajstić information content (AvgIpc) is 3.14. The van der Waals surface area contributed by atoms with Gasteiger partial charge in [-0.3, -0.25) is 18.7 Å². The Morgan fingerprint density at radius 1 is 1.24 bits per heavy atom. The molecule has 3 aromatic heterocycles. The van der Waals surface area contributed by atoms with Gasteiger partial charge in [0.05, 0.1) is 41.4 Å². The molecule has 1 aliphatic heterocycles. The fraction of sp³-hybridized carbons (Fsp3) is 0.421. The molecule has 0 aromatic carbocycles. The van der Waals surface area contributed by atoms with Crippen LogP contribution < -0.4 is 11.2 Å². The van der Waals surface area contributed by atoms with E-state index in [4.69, 9.17) is 4.74 Å². The molecule has 0 radical (unpaired) electrons. The summed E-state index contributed by atoms with van der Waals surface area (Å²) in [5.41, 5.74) is 0.840. The Kier molecular flexibility index (Phi) is 5.05. The van der Waals surface area contributed by atoms with Crippen molar-refractivity contribution in [1.82, 2.24) is 24.0 Å². The van der Waals surface area contributed by atoms with Gasteiger partial charge in [0.15, 0.2) is 0 Å². The molecule has 1 fully saturated rings. The second kappa shape index (κ2) is 7.53. The van der Waals surface area contributed by atoms with Gasteiger partial charge in [-0.1, -0.05) is 0 Å². The highest BCUT2D eigenvalue weighted by atomic mass is 32.1. The number of hydrogen-bond donors (Lipinski definition) is 0. The normalized spacial score (nSPS) is 17.1. The van der Waals surface area contributed by atoms with Crippen LogP contribution in [-0.4, -0.2) is 49.6 Å². The zero-order valence-corrected chi connectivity index (χ0v) is 17.2. The summed E-state index contributed by atoms with van der Waals surface area (Å²) in [4.78, 5) is 47.8. The lowest BCUT2D eigenvalue weighted by molar-refractivity contribution is -0.138. The van der Waals surface area contributed by atoms with Crippen molar-refractivity contribution in [3.63, 3.8) is 0 Å². The number of rotatable bonds is 3. The van der Waals surface area contributed by atoms with Crippen LogP contribution in [0.25, 0.3) is 11.0 Å². The molecule has 0 aliphatic carbocycles. The first-order valence-corrected chi connectivity index (χ1v) is 10.1. The number of amides is 1. The first-order chi connectivity index (χ1) is 13.8. The number of ether oxygens (including phenoxy) is 1. The van der Waals surface area contributed by atoms with Gasteiger partial charge >= 0.3 is 5.69 Å². The van der Waals surface area contributed by atoms with Gasteiger partial charge in [-0.05, 0) is 19.1 Å². The largest absolute Gasteiger partial charge is 0.368 e. The quantitative estimate of drug-likeness (QED) is 0.619. The van der Waals surface area contributed by atoms with E-state index in [-0.39, 0.29) is 17.9 Å². The third-order valence-electron chi connectivity index (χ3n) is 5.07. The Morgan fingerprint density at radius 2 is 2.03 bits per heavy atom. The van der Waals surface area contributed by atoms with E-state index >= 15 is 0 Å². The minimum atomic E-state index is -0.438. The lowest BCUT2D eigenvalue weighted by atomic mass is 10.1. The van der Waals surface area contributed by atoms with Crippen LogP contribution in [0.2, 0.25) is 0 Å². The number of nitrogens with zero attached hydrogens (tertiary/aromatic N) is 5. The fourth-order valence-electron chi connectivity index (χ4n) is 3.46. The molecule has 29 heavy (non-hydrogen) atoms. The molecule has 0 N–H and O–H groups in total. The lowest BCUT2D eigenvalue weighted by Crippen LogP contribution is -2.43. The van der Waals surface area contributed by atoms with Crippen LogP contribution in [0, 0.1) is 6.92 Å². The average molecular weight is 415 g/mol. The van der Waals surface area contributed by atoms with Crippen molar-refractivity contribution in [2.45, 2.75) is 19.4 Å². The molecule has 1 amide bonds. The van der Waals surface area contributed by atoms with Crippen molar-refractivity contribution >= 4 is 28.3 Å². The van der Waals surface area contributed by atoms with E-state index in [0.29, 0.717) is 36.4 Å². The van der Waals surface area contributed by atoms with E-state index in [1.807, 2.05) is 12.3 Å². The Balaban J connectivity index is 1.59. The molecule has 10 heteroatoms. The van der Waals surface area contributed by atoms with Gasteiger partial charge in [0.25, 0.3) is 5.56 Å². The number of aryl methyl sites for hydroxylation is 2. The number of thiazole rings is 1. The summed E-state index contributed by atoms with van der Waals surface area (Å²) in [6.07, 6.45) is -0.166. The summed E-state index contributed by atoms with van der Waals surface area (Å²) in [6, 6.07) is 3.37. The number of carbonyl (C=O) groups is 1. The maximum Gasteiger partial charge on any atom is 0.332 e. The summed E-state index contributed by atoms with van der Waals surface area (Å²) in [5, 5.41) is 3.20. The third kappa shape index (κ3) is 3.60. The van der Waals surface area contributed by atoms with Crippen molar-refractivity contribution in [1.29, 1.82) is 0 Å². The number of pyridine rings is 1. The van der Waals surface area contributed by atoms with Crippen LogP contribution in [0.15, 0.2) is 27.1 Å². The van der Waals surface area contributed by atoms with Crippen molar-refractivity contribution in [3.05, 3.63) is 54.7 Å². The molecule has 1 saturated heterocycles. The number of morpholine rings is 1. The molecule has 4 rings (SSSR count). The highest BCUT2D eigenvalue weighted by Gasteiger charge is 2.27. The van der Waals surface area contributed by atoms with Gasteiger partial charge in [0, 0.05) is 26.0 Å². The van der Waals surface area contributed by atoms with E-state index in [1.54, 1.807) is 24.1 Å². The molecular formula is C19H21N5O4S. The molecule has 0 unspecified atom stereocenters. The van der Waals surface area contributed by atoms with Crippen molar-refractivity contribution < 1.29 is 9.53 Å². The van der Waals surface area contributed by atoms with E-state index in [0.717, 1.165) is 15.3 Å². The van der Waals surface area contributed by atoms with Crippen LogP contribution >= 0.6 is 11.3 Å². The number of carbonyl (C=O) groups excluding carboxylic acids is 1. The minimum absolute atomic E-state index is 0.00865. The topological polar surface area (TPSA) is 99.3 Å². The smallest absolute Gasteiger partial charge is 0.332 e. The van der Waals surface area contributed by atoms with Gasteiger partial charge < -0.3 is 9.64 Å². The lowest BCUT2D eigenvalue weighted by Gasteiger charge is -2.32. The van der Waals surface area contributed by atoms with Crippen LogP contribution in [0.1, 0.15) is 22.5 Å². The van der Waals surface area contributed by atoms with Gasteiger partial charge in [-0.15, -0.1) is 11.3 Å². The summed E-state index contributed by atoms with van der Waals surface area (Å²) < 4.78 is 8.23. The van der Waals surface area contributed by atoms with Crippen LogP contribution in [0.4, 0.5) is 0 Å². The molecule has 0 bridgehead atoms. The minimum Gasteiger partial charge on any atom is -0.368 e. The maximum absolute atomic E-state index is 12.7. The Bertz CT molecular complexity index is 1210. The second-order valence-electron chi connectivity index (χ2n) is 7.05. The molecule has 1 atom stereocenters. The third-order valence-corrected chi connectivity index (χ3v) is 5.89. The SMILES string of the molecule is Cc1nc(CC(=O)N2CCO[C@H](c3ccc4c(=O)n(C)c(=O)n(C)c4n3)C2)cs1. The van der Waals surface area contributed by atoms with Gasteiger partial charge in [0.1, 0.15) is 11.8 Å². The molecule has 152 valence electrons. The maximum atomic E-state index is 12.7. The summed E-state index contributed by atoms with van der Waals surface area (Å²) in [6.45, 7) is 3.17. The van der Waals surface area contributed by atoms with Gasteiger partial charge in [0.2, 0.25) is 5.91 Å². The molecule has 3 aromatic rings. The van der Waals surface area contributed by atoms with Crippen LogP contribution in [-0.2, 0) is 30.0 Å². The fourth-order valence-corrected chi connectivity index (χ4v) is 4.07. The van der Waals surface area contributed by atoms with Crippen LogP contribution in [0.5, 0.6) is 0 Å². The number of fused-ring (bicyclic) bond motifs is 1.